The largest absolute Gasteiger partial charge is 0.444 e. The fourth-order valence-electron chi connectivity index (χ4n) is 2.68. The molecule has 2 aromatic rings. The molecule has 0 aliphatic carbocycles. The van der Waals surface area contributed by atoms with Crippen molar-refractivity contribution < 1.29 is 14.1 Å². The Morgan fingerprint density at radius 2 is 2.21 bits per heavy atom. The van der Waals surface area contributed by atoms with Crippen molar-refractivity contribution in [3.8, 4) is 11.4 Å². The van der Waals surface area contributed by atoms with Crippen LogP contribution in [0.3, 0.4) is 0 Å². The molecule has 1 aromatic heterocycles. The van der Waals surface area contributed by atoms with Crippen LogP contribution in [0, 0.1) is 0 Å². The molecule has 1 aliphatic rings. The topological polar surface area (TPSA) is 68.5 Å². The molecule has 24 heavy (non-hydrogen) atoms. The van der Waals surface area contributed by atoms with Gasteiger partial charge in [-0.15, -0.1) is 0 Å². The van der Waals surface area contributed by atoms with Gasteiger partial charge in [0.15, 0.2) is 0 Å². The second-order valence-electron chi connectivity index (χ2n) is 6.80. The Bertz CT molecular complexity index is 739. The molecule has 3 rings (SSSR count). The first-order valence-electron chi connectivity index (χ1n) is 7.93. The summed E-state index contributed by atoms with van der Waals surface area (Å²) in [6, 6.07) is 7.00. The van der Waals surface area contributed by atoms with Crippen molar-refractivity contribution in [3.05, 3.63) is 35.2 Å². The van der Waals surface area contributed by atoms with Crippen molar-refractivity contribution in [2.75, 3.05) is 6.54 Å². The van der Waals surface area contributed by atoms with Gasteiger partial charge in [0.1, 0.15) is 11.6 Å². The lowest BCUT2D eigenvalue weighted by Crippen LogP contribution is -2.36. The number of aromatic nitrogens is 2. The number of rotatable bonds is 2. The third-order valence-electron chi connectivity index (χ3n) is 3.69. The zero-order chi connectivity index (χ0) is 17.3. The summed E-state index contributed by atoms with van der Waals surface area (Å²) < 4.78 is 10.9. The van der Waals surface area contributed by atoms with E-state index in [2.05, 4.69) is 10.1 Å². The number of benzene rings is 1. The summed E-state index contributed by atoms with van der Waals surface area (Å²) in [5.41, 5.74) is 0.240. The number of likely N-dealkylation sites (tertiary alicyclic amines) is 1. The lowest BCUT2D eigenvalue weighted by atomic mass is 10.2. The second kappa shape index (κ2) is 6.43. The van der Waals surface area contributed by atoms with E-state index in [-0.39, 0.29) is 12.1 Å². The van der Waals surface area contributed by atoms with E-state index in [1.54, 1.807) is 17.0 Å². The highest BCUT2D eigenvalue weighted by atomic mass is 35.5. The standard InChI is InChI=1S/C17H20ClN3O3/c1-17(2,3)23-16(22)21-9-5-8-13(21)15-19-14(20-24-15)11-6-4-7-12(18)10-11/h4,6-7,10,13H,5,8-9H2,1-3H3/t13-/m1/s1. The van der Waals surface area contributed by atoms with Crippen molar-refractivity contribution in [2.24, 2.45) is 0 Å². The first kappa shape index (κ1) is 16.8. The highest BCUT2D eigenvalue weighted by molar-refractivity contribution is 6.30. The van der Waals surface area contributed by atoms with Gasteiger partial charge in [-0.25, -0.2) is 4.79 Å². The zero-order valence-corrected chi connectivity index (χ0v) is 14.7. The molecule has 7 heteroatoms. The summed E-state index contributed by atoms with van der Waals surface area (Å²) >= 11 is 6.00. The van der Waals surface area contributed by atoms with E-state index in [4.69, 9.17) is 20.9 Å². The Morgan fingerprint density at radius 3 is 2.92 bits per heavy atom. The van der Waals surface area contributed by atoms with E-state index in [1.807, 2.05) is 32.9 Å². The summed E-state index contributed by atoms with van der Waals surface area (Å²) in [7, 11) is 0. The van der Waals surface area contributed by atoms with Crippen LogP contribution in [0.2, 0.25) is 5.02 Å². The fourth-order valence-corrected chi connectivity index (χ4v) is 2.87. The normalized spacial score (nSPS) is 18.0. The predicted octanol–water partition coefficient (Wildman–Crippen LogP) is 4.46. The first-order valence-corrected chi connectivity index (χ1v) is 8.30. The van der Waals surface area contributed by atoms with Crippen LogP contribution >= 0.6 is 11.6 Å². The van der Waals surface area contributed by atoms with Crippen LogP contribution in [-0.4, -0.2) is 33.3 Å². The van der Waals surface area contributed by atoms with E-state index in [1.165, 1.54) is 0 Å². The van der Waals surface area contributed by atoms with E-state index in [0.717, 1.165) is 18.4 Å². The minimum atomic E-state index is -0.537. The summed E-state index contributed by atoms with van der Waals surface area (Å²) in [6.07, 6.45) is 1.29. The molecule has 0 spiro atoms. The van der Waals surface area contributed by atoms with Crippen LogP contribution in [0.25, 0.3) is 11.4 Å². The molecule has 1 aliphatic heterocycles. The third-order valence-corrected chi connectivity index (χ3v) is 3.93. The van der Waals surface area contributed by atoms with Crippen molar-refractivity contribution in [2.45, 2.75) is 45.3 Å². The van der Waals surface area contributed by atoms with Crippen LogP contribution in [0.1, 0.15) is 45.5 Å². The van der Waals surface area contributed by atoms with Gasteiger partial charge in [0, 0.05) is 17.1 Å². The number of hydrogen-bond donors (Lipinski definition) is 0. The number of ether oxygens (including phenoxy) is 1. The molecule has 1 saturated heterocycles. The first-order chi connectivity index (χ1) is 11.3. The SMILES string of the molecule is CC(C)(C)OC(=O)N1CCC[C@@H]1c1nc(-c2cccc(Cl)c2)no1. The van der Waals surface area contributed by atoms with Crippen molar-refractivity contribution in [1.29, 1.82) is 0 Å². The summed E-state index contributed by atoms with van der Waals surface area (Å²) in [6.45, 7) is 6.16. The number of nitrogens with zero attached hydrogens (tertiary/aromatic N) is 3. The van der Waals surface area contributed by atoms with Gasteiger partial charge in [0.05, 0.1) is 0 Å². The van der Waals surface area contributed by atoms with E-state index >= 15 is 0 Å². The van der Waals surface area contributed by atoms with Crippen LogP contribution in [-0.2, 0) is 4.74 Å². The van der Waals surface area contributed by atoms with Crippen molar-refractivity contribution in [1.82, 2.24) is 15.0 Å². The number of hydrogen-bond acceptors (Lipinski definition) is 5. The molecule has 6 nitrogen and oxygen atoms in total. The van der Waals surface area contributed by atoms with Gasteiger partial charge < -0.3 is 9.26 Å². The minimum Gasteiger partial charge on any atom is -0.444 e. The van der Waals surface area contributed by atoms with Gasteiger partial charge in [-0.2, -0.15) is 4.98 Å². The molecule has 1 atom stereocenters. The predicted molar refractivity (Wildman–Crippen MR) is 89.7 cm³/mol. The monoisotopic (exact) mass is 349 g/mol. The Balaban J connectivity index is 1.80. The lowest BCUT2D eigenvalue weighted by molar-refractivity contribution is 0.0199. The third kappa shape index (κ3) is 3.70. The van der Waals surface area contributed by atoms with Gasteiger partial charge in [-0.05, 0) is 45.7 Å². The Hall–Kier alpha value is -2.08. The van der Waals surface area contributed by atoms with E-state index < -0.39 is 5.60 Å². The van der Waals surface area contributed by atoms with Crippen LogP contribution in [0.5, 0.6) is 0 Å². The average molecular weight is 350 g/mol. The molecule has 1 aromatic carbocycles. The molecule has 0 unspecified atom stereocenters. The zero-order valence-electron chi connectivity index (χ0n) is 14.0. The highest BCUT2D eigenvalue weighted by Crippen LogP contribution is 2.33. The van der Waals surface area contributed by atoms with Crippen molar-refractivity contribution >= 4 is 17.7 Å². The maximum Gasteiger partial charge on any atom is 0.410 e. The number of halogens is 1. The van der Waals surface area contributed by atoms with Gasteiger partial charge in [-0.3, -0.25) is 4.90 Å². The average Bonchev–Trinajstić information content (AvgIpc) is 3.14. The smallest absolute Gasteiger partial charge is 0.410 e. The summed E-state index contributed by atoms with van der Waals surface area (Å²) in [4.78, 5) is 18.5. The van der Waals surface area contributed by atoms with Crippen LogP contribution in [0.4, 0.5) is 4.79 Å². The molecule has 0 bridgehead atoms. The molecule has 1 fully saturated rings. The molecule has 0 N–H and O–H groups in total. The molecule has 2 heterocycles. The molecular formula is C17H20ClN3O3. The van der Waals surface area contributed by atoms with Gasteiger partial charge >= 0.3 is 6.09 Å². The number of carbonyl (C=O) groups is 1. The molecule has 0 saturated carbocycles. The van der Waals surface area contributed by atoms with Gasteiger partial charge in [-0.1, -0.05) is 28.9 Å². The van der Waals surface area contributed by atoms with Crippen molar-refractivity contribution in [3.63, 3.8) is 0 Å². The molecular weight excluding hydrogens is 330 g/mol. The minimum absolute atomic E-state index is 0.250. The Morgan fingerprint density at radius 1 is 1.42 bits per heavy atom. The van der Waals surface area contributed by atoms with Gasteiger partial charge in [0.25, 0.3) is 0 Å². The molecule has 0 radical (unpaired) electrons. The highest BCUT2D eigenvalue weighted by Gasteiger charge is 2.36. The quantitative estimate of drug-likeness (QED) is 0.800. The second-order valence-corrected chi connectivity index (χ2v) is 7.23. The van der Waals surface area contributed by atoms with Gasteiger partial charge in [0.2, 0.25) is 11.7 Å². The van der Waals surface area contributed by atoms with Crippen LogP contribution < -0.4 is 0 Å². The lowest BCUT2D eigenvalue weighted by Gasteiger charge is -2.26. The van der Waals surface area contributed by atoms with E-state index in [9.17, 15) is 4.79 Å². The van der Waals surface area contributed by atoms with Crippen LogP contribution in [0.15, 0.2) is 28.8 Å². The van der Waals surface area contributed by atoms with E-state index in [0.29, 0.717) is 23.3 Å². The molecule has 1 amide bonds. The summed E-state index contributed by atoms with van der Waals surface area (Å²) in [5, 5.41) is 4.62. The Labute approximate surface area is 145 Å². The fraction of sp³-hybridized carbons (Fsp3) is 0.471. The maximum atomic E-state index is 12.4. The Kier molecular flexibility index (Phi) is 4.49. The molecule has 128 valence electrons. The number of carbonyl (C=O) groups excluding carboxylic acids is 1. The number of amides is 1. The maximum absolute atomic E-state index is 12.4. The summed E-state index contributed by atoms with van der Waals surface area (Å²) in [5.74, 6) is 0.886.